The minimum absolute atomic E-state index is 0.0283. The van der Waals surface area contributed by atoms with Crippen LogP contribution in [-0.4, -0.2) is 79.8 Å². The lowest BCUT2D eigenvalue weighted by molar-refractivity contribution is -0.160. The third-order valence-electron chi connectivity index (χ3n) is 7.63. The van der Waals surface area contributed by atoms with Crippen molar-refractivity contribution in [2.45, 2.75) is 57.0 Å². The zero-order chi connectivity index (χ0) is 24.1. The Morgan fingerprint density at radius 3 is 2.82 bits per heavy atom. The molecule has 2 N–H and O–H groups in total. The van der Waals surface area contributed by atoms with Gasteiger partial charge in [-0.3, -0.25) is 14.4 Å². The number of β-amino-alcohol motifs (C(OH)–C–C–N with tert-alkyl or cyclic N) is 1. The molecule has 11 nitrogen and oxygen atoms in total. The van der Waals surface area contributed by atoms with Gasteiger partial charge < -0.3 is 24.8 Å². The Balaban J connectivity index is 1.46. The number of rotatable bonds is 8. The van der Waals surface area contributed by atoms with Gasteiger partial charge in [-0.2, -0.15) is 0 Å². The Morgan fingerprint density at radius 1 is 1.29 bits per heavy atom. The number of nitrogens with one attached hydrogen (secondary N) is 1. The molecule has 3 saturated heterocycles. The molecule has 0 radical (unpaired) electrons. The van der Waals surface area contributed by atoms with Crippen LogP contribution in [0.15, 0.2) is 24.3 Å². The highest BCUT2D eigenvalue weighted by atomic mass is 16.6. The molecule has 0 aliphatic carbocycles. The molecule has 2 unspecified atom stereocenters. The number of nitrogens with zero attached hydrogens (tertiary/aromatic N) is 4. The number of aliphatic hydroxyl groups excluding tert-OH is 1. The van der Waals surface area contributed by atoms with E-state index in [0.29, 0.717) is 24.8 Å². The number of aliphatic hydroxyl groups is 1. The van der Waals surface area contributed by atoms with Gasteiger partial charge in [0.05, 0.1) is 30.2 Å². The summed E-state index contributed by atoms with van der Waals surface area (Å²) < 4.78 is 13.4. The van der Waals surface area contributed by atoms with Crippen LogP contribution in [0.25, 0.3) is 11.0 Å². The standard InChI is InChI=1S/C23H29N5O6/c1-3-22-9-10-23(34-22)16(17(22)21(32)33-4-2)20(31)27(11-12-29)18(23)19(30)24-13-28-15-8-6-5-7-14(15)25-26-28/h5-8,16-18,29H,3-4,9-13H2,1-2H3,(H,24,30)/t16-,17+,18?,22-,23?/m0/s1. The number of para-hydroxylation sites is 1. The lowest BCUT2D eigenvalue weighted by Crippen LogP contribution is -2.55. The second kappa shape index (κ2) is 8.31. The zero-order valence-electron chi connectivity index (χ0n) is 19.3. The van der Waals surface area contributed by atoms with Crippen molar-refractivity contribution in [2.75, 3.05) is 19.8 Å². The largest absolute Gasteiger partial charge is 0.466 e. The number of aromatic nitrogens is 3. The van der Waals surface area contributed by atoms with Gasteiger partial charge in [0.25, 0.3) is 0 Å². The summed E-state index contributed by atoms with van der Waals surface area (Å²) in [6.45, 7) is 3.55. The maximum absolute atomic E-state index is 13.6. The predicted octanol–water partition coefficient (Wildman–Crippen LogP) is 0.215. The molecule has 5 atom stereocenters. The Hall–Kier alpha value is -3.05. The van der Waals surface area contributed by atoms with Crippen LogP contribution in [0.5, 0.6) is 0 Å². The summed E-state index contributed by atoms with van der Waals surface area (Å²) in [5, 5.41) is 20.7. The SMILES string of the molecule is CCOC(=O)[C@H]1[C@H]2C(=O)N(CCO)C(C(=O)NCn3nnc4ccccc43)C23CC[C@]1(CC)O3. The zero-order valence-corrected chi connectivity index (χ0v) is 19.3. The van der Waals surface area contributed by atoms with Gasteiger partial charge in [0.2, 0.25) is 11.8 Å². The number of likely N-dealkylation sites (tertiary alicyclic amines) is 1. The average molecular weight is 472 g/mol. The first-order chi connectivity index (χ1) is 16.4. The molecule has 2 bridgehead atoms. The fraction of sp³-hybridized carbons (Fsp3) is 0.609. The van der Waals surface area contributed by atoms with E-state index in [1.54, 1.807) is 11.6 Å². The number of fused-ring (bicyclic) bond motifs is 2. The van der Waals surface area contributed by atoms with Gasteiger partial charge in [-0.25, -0.2) is 4.68 Å². The Kier molecular flexibility index (Phi) is 5.56. The molecule has 0 saturated carbocycles. The van der Waals surface area contributed by atoms with Gasteiger partial charge in [-0.15, -0.1) is 5.10 Å². The maximum Gasteiger partial charge on any atom is 0.312 e. The fourth-order valence-corrected chi connectivity index (χ4v) is 6.24. The Morgan fingerprint density at radius 2 is 2.09 bits per heavy atom. The van der Waals surface area contributed by atoms with E-state index in [4.69, 9.17) is 9.47 Å². The van der Waals surface area contributed by atoms with E-state index in [9.17, 15) is 19.5 Å². The van der Waals surface area contributed by atoms with Crippen molar-refractivity contribution >= 4 is 28.8 Å². The van der Waals surface area contributed by atoms with Gasteiger partial charge in [-0.05, 0) is 38.3 Å². The first kappa shape index (κ1) is 22.7. The third kappa shape index (κ3) is 3.06. The lowest BCUT2D eigenvalue weighted by Gasteiger charge is -2.33. The molecular formula is C23H29N5O6. The summed E-state index contributed by atoms with van der Waals surface area (Å²) >= 11 is 0. The van der Waals surface area contributed by atoms with E-state index < -0.39 is 41.0 Å². The first-order valence-corrected chi connectivity index (χ1v) is 11.8. The molecule has 34 heavy (non-hydrogen) atoms. The molecule has 2 aromatic rings. The fourth-order valence-electron chi connectivity index (χ4n) is 6.24. The van der Waals surface area contributed by atoms with E-state index in [0.717, 1.165) is 5.52 Å². The average Bonchev–Trinajstić information content (AvgIpc) is 3.55. The van der Waals surface area contributed by atoms with Crippen LogP contribution < -0.4 is 5.32 Å². The predicted molar refractivity (Wildman–Crippen MR) is 118 cm³/mol. The summed E-state index contributed by atoms with van der Waals surface area (Å²) in [6, 6.07) is 6.42. The van der Waals surface area contributed by atoms with Crippen molar-refractivity contribution in [3.63, 3.8) is 0 Å². The van der Waals surface area contributed by atoms with E-state index in [-0.39, 0.29) is 32.3 Å². The van der Waals surface area contributed by atoms with Crippen LogP contribution in [-0.2, 0) is 30.5 Å². The number of carbonyl (C=O) groups is 3. The molecular weight excluding hydrogens is 442 g/mol. The Labute approximate surface area is 196 Å². The first-order valence-electron chi connectivity index (χ1n) is 11.8. The normalized spacial score (nSPS) is 31.8. The van der Waals surface area contributed by atoms with Gasteiger partial charge in [0, 0.05) is 6.54 Å². The maximum atomic E-state index is 13.6. The Bertz CT molecular complexity index is 1140. The number of ether oxygens (including phenoxy) is 2. The van der Waals surface area contributed by atoms with E-state index in [1.165, 1.54) is 4.90 Å². The lowest BCUT2D eigenvalue weighted by atomic mass is 9.65. The van der Waals surface area contributed by atoms with Gasteiger partial charge in [0.1, 0.15) is 29.7 Å². The van der Waals surface area contributed by atoms with Gasteiger partial charge in [0.15, 0.2) is 0 Å². The molecule has 3 aliphatic heterocycles. The van der Waals surface area contributed by atoms with Crippen LogP contribution in [0.2, 0.25) is 0 Å². The van der Waals surface area contributed by atoms with Crippen LogP contribution in [0.1, 0.15) is 33.1 Å². The van der Waals surface area contributed by atoms with E-state index >= 15 is 0 Å². The number of benzene rings is 1. The molecule has 2 amide bonds. The van der Waals surface area contributed by atoms with Crippen molar-refractivity contribution in [3.8, 4) is 0 Å². The highest BCUT2D eigenvalue weighted by molar-refractivity contribution is 5.98. The second-order valence-electron chi connectivity index (χ2n) is 9.12. The minimum Gasteiger partial charge on any atom is -0.466 e. The summed E-state index contributed by atoms with van der Waals surface area (Å²) in [4.78, 5) is 41.5. The smallest absolute Gasteiger partial charge is 0.312 e. The van der Waals surface area contributed by atoms with Crippen LogP contribution in [0.3, 0.4) is 0 Å². The van der Waals surface area contributed by atoms with Crippen LogP contribution in [0.4, 0.5) is 0 Å². The van der Waals surface area contributed by atoms with Crippen molar-refractivity contribution in [3.05, 3.63) is 24.3 Å². The topological polar surface area (TPSA) is 136 Å². The summed E-state index contributed by atoms with van der Waals surface area (Å²) in [5.41, 5.74) is -0.514. The van der Waals surface area contributed by atoms with E-state index in [2.05, 4.69) is 15.6 Å². The molecule has 3 fully saturated rings. The third-order valence-corrected chi connectivity index (χ3v) is 7.63. The molecule has 1 spiro atoms. The number of hydrogen-bond donors (Lipinski definition) is 2. The number of carbonyl (C=O) groups excluding carboxylic acids is 3. The van der Waals surface area contributed by atoms with Crippen molar-refractivity contribution in [1.82, 2.24) is 25.2 Å². The van der Waals surface area contributed by atoms with Crippen molar-refractivity contribution in [2.24, 2.45) is 11.8 Å². The summed E-state index contributed by atoms with van der Waals surface area (Å²) in [5.74, 6) is -2.84. The highest BCUT2D eigenvalue weighted by Gasteiger charge is 2.78. The molecule has 1 aromatic heterocycles. The van der Waals surface area contributed by atoms with Crippen molar-refractivity contribution < 1.29 is 29.0 Å². The van der Waals surface area contributed by atoms with E-state index in [1.807, 2.05) is 31.2 Å². The molecule has 182 valence electrons. The number of hydrogen-bond acceptors (Lipinski definition) is 8. The molecule has 5 rings (SSSR count). The van der Waals surface area contributed by atoms with Gasteiger partial charge >= 0.3 is 5.97 Å². The number of amides is 2. The van der Waals surface area contributed by atoms with Crippen LogP contribution >= 0.6 is 0 Å². The molecule has 1 aromatic carbocycles. The summed E-state index contributed by atoms with van der Waals surface area (Å²) in [6.07, 6.45) is 1.56. The monoisotopic (exact) mass is 471 g/mol. The van der Waals surface area contributed by atoms with Crippen molar-refractivity contribution in [1.29, 1.82) is 0 Å². The molecule has 11 heteroatoms. The molecule has 3 aliphatic rings. The second-order valence-corrected chi connectivity index (χ2v) is 9.12. The van der Waals surface area contributed by atoms with Crippen LogP contribution in [0, 0.1) is 11.8 Å². The highest BCUT2D eigenvalue weighted by Crippen LogP contribution is 2.64. The van der Waals surface area contributed by atoms with Gasteiger partial charge in [-0.1, -0.05) is 24.3 Å². The summed E-state index contributed by atoms with van der Waals surface area (Å²) in [7, 11) is 0. The minimum atomic E-state index is -1.14. The molecule has 4 heterocycles. The quantitative estimate of drug-likeness (QED) is 0.522. The number of esters is 1.